The van der Waals surface area contributed by atoms with Gasteiger partial charge < -0.3 is 10.8 Å². The molecule has 1 aromatic heterocycles. The molecule has 0 aliphatic carbocycles. The number of hydrogen-bond acceptors (Lipinski definition) is 4. The summed E-state index contributed by atoms with van der Waals surface area (Å²) in [7, 11) is 0. The van der Waals surface area contributed by atoms with E-state index in [1.54, 1.807) is 0 Å². The molecule has 0 fully saturated rings. The number of nitrogens with zero attached hydrogens (tertiary/aromatic N) is 2. The first-order chi connectivity index (χ1) is 8.40. The SMILES string of the molecule is CC(O)c1nc2c(F)cc(F)cc2nc1C(N)=O. The van der Waals surface area contributed by atoms with Crippen LogP contribution in [-0.4, -0.2) is 21.0 Å². The minimum atomic E-state index is -1.14. The van der Waals surface area contributed by atoms with Crippen LogP contribution in [-0.2, 0) is 0 Å². The van der Waals surface area contributed by atoms with Crippen molar-refractivity contribution in [2.24, 2.45) is 5.73 Å². The van der Waals surface area contributed by atoms with Crippen molar-refractivity contribution in [1.29, 1.82) is 0 Å². The second-order valence-electron chi connectivity index (χ2n) is 3.75. The molecule has 0 saturated carbocycles. The van der Waals surface area contributed by atoms with E-state index in [1.165, 1.54) is 6.92 Å². The van der Waals surface area contributed by atoms with E-state index in [0.29, 0.717) is 6.07 Å². The molecule has 0 spiro atoms. The lowest BCUT2D eigenvalue weighted by Gasteiger charge is -2.09. The number of hydrogen-bond donors (Lipinski definition) is 2. The quantitative estimate of drug-likeness (QED) is 0.837. The minimum absolute atomic E-state index is 0.134. The van der Waals surface area contributed by atoms with E-state index >= 15 is 0 Å². The van der Waals surface area contributed by atoms with Crippen LogP contribution in [0.15, 0.2) is 12.1 Å². The number of halogens is 2. The molecule has 0 saturated heterocycles. The summed E-state index contributed by atoms with van der Waals surface area (Å²) in [6.07, 6.45) is -1.14. The Morgan fingerprint density at radius 3 is 2.61 bits per heavy atom. The number of aliphatic hydroxyl groups is 1. The van der Waals surface area contributed by atoms with Gasteiger partial charge in [0.05, 0.1) is 11.6 Å². The van der Waals surface area contributed by atoms with Gasteiger partial charge in [0.2, 0.25) is 0 Å². The summed E-state index contributed by atoms with van der Waals surface area (Å²) in [5.74, 6) is -2.69. The smallest absolute Gasteiger partial charge is 0.269 e. The van der Waals surface area contributed by atoms with Crippen LogP contribution in [0.25, 0.3) is 11.0 Å². The van der Waals surface area contributed by atoms with E-state index < -0.39 is 23.6 Å². The van der Waals surface area contributed by atoms with Crippen LogP contribution in [0, 0.1) is 11.6 Å². The van der Waals surface area contributed by atoms with Crippen molar-refractivity contribution in [2.75, 3.05) is 0 Å². The number of fused-ring (bicyclic) bond motifs is 1. The zero-order chi connectivity index (χ0) is 13.4. The molecule has 0 aliphatic rings. The van der Waals surface area contributed by atoms with E-state index in [0.717, 1.165) is 6.07 Å². The molecule has 2 rings (SSSR count). The molecule has 1 heterocycles. The third kappa shape index (κ3) is 2.00. The Labute approximate surface area is 100 Å². The highest BCUT2D eigenvalue weighted by Crippen LogP contribution is 2.21. The second-order valence-corrected chi connectivity index (χ2v) is 3.75. The van der Waals surface area contributed by atoms with Crippen molar-refractivity contribution in [1.82, 2.24) is 9.97 Å². The molecule has 1 aromatic carbocycles. The monoisotopic (exact) mass is 253 g/mol. The first-order valence-corrected chi connectivity index (χ1v) is 5.04. The van der Waals surface area contributed by atoms with Crippen LogP contribution in [0.4, 0.5) is 8.78 Å². The zero-order valence-electron chi connectivity index (χ0n) is 9.32. The van der Waals surface area contributed by atoms with Gasteiger partial charge in [-0.3, -0.25) is 4.79 Å². The Morgan fingerprint density at radius 2 is 2.06 bits per heavy atom. The predicted octanol–water partition coefficient (Wildman–Crippen LogP) is 1.06. The fraction of sp³-hybridized carbons (Fsp3) is 0.182. The van der Waals surface area contributed by atoms with Crippen molar-refractivity contribution in [2.45, 2.75) is 13.0 Å². The first kappa shape index (κ1) is 12.3. The Balaban J connectivity index is 2.84. The van der Waals surface area contributed by atoms with E-state index in [1.807, 2.05) is 0 Å². The van der Waals surface area contributed by atoms with Crippen molar-refractivity contribution in [3.63, 3.8) is 0 Å². The number of aromatic nitrogens is 2. The maximum Gasteiger partial charge on any atom is 0.269 e. The summed E-state index contributed by atoms with van der Waals surface area (Å²) in [6.45, 7) is 1.34. The highest BCUT2D eigenvalue weighted by Gasteiger charge is 2.19. The molecule has 1 unspecified atom stereocenters. The van der Waals surface area contributed by atoms with Gasteiger partial charge in [0.15, 0.2) is 11.5 Å². The Kier molecular flexibility index (Phi) is 2.92. The number of aliphatic hydroxyl groups excluding tert-OH is 1. The molecule has 7 heteroatoms. The third-order valence-corrected chi connectivity index (χ3v) is 2.34. The molecule has 94 valence electrons. The van der Waals surface area contributed by atoms with Crippen molar-refractivity contribution in [3.05, 3.63) is 35.2 Å². The number of carbonyl (C=O) groups excluding carboxylic acids is 1. The van der Waals surface area contributed by atoms with E-state index in [-0.39, 0.29) is 22.4 Å². The zero-order valence-corrected chi connectivity index (χ0v) is 9.32. The van der Waals surface area contributed by atoms with Gasteiger partial charge in [0.1, 0.15) is 17.0 Å². The van der Waals surface area contributed by atoms with Crippen LogP contribution >= 0.6 is 0 Å². The molecule has 2 aromatic rings. The summed E-state index contributed by atoms with van der Waals surface area (Å²) >= 11 is 0. The van der Waals surface area contributed by atoms with Gasteiger partial charge in [-0.2, -0.15) is 0 Å². The molecule has 0 radical (unpaired) electrons. The van der Waals surface area contributed by atoms with Gasteiger partial charge in [0.25, 0.3) is 5.91 Å². The van der Waals surface area contributed by atoms with E-state index in [2.05, 4.69) is 9.97 Å². The third-order valence-electron chi connectivity index (χ3n) is 2.34. The standard InChI is InChI=1S/C11H9F2N3O2/c1-4(17)8-10(11(14)18)15-7-3-5(12)2-6(13)9(7)16-8/h2-4,17H,1H3,(H2,14,18). The van der Waals surface area contributed by atoms with Crippen LogP contribution in [0.1, 0.15) is 29.2 Å². The van der Waals surface area contributed by atoms with Gasteiger partial charge in [-0.25, -0.2) is 18.7 Å². The summed E-state index contributed by atoms with van der Waals surface area (Å²) in [6, 6.07) is 1.58. The fourth-order valence-electron chi connectivity index (χ4n) is 1.57. The van der Waals surface area contributed by atoms with Gasteiger partial charge in [-0.15, -0.1) is 0 Å². The van der Waals surface area contributed by atoms with Gasteiger partial charge in [0, 0.05) is 12.1 Å². The van der Waals surface area contributed by atoms with Crippen molar-refractivity contribution >= 4 is 16.9 Å². The molecular weight excluding hydrogens is 244 g/mol. The lowest BCUT2D eigenvalue weighted by atomic mass is 10.1. The molecule has 3 N–H and O–H groups in total. The van der Waals surface area contributed by atoms with Crippen LogP contribution in [0.3, 0.4) is 0 Å². The maximum absolute atomic E-state index is 13.5. The molecular formula is C11H9F2N3O2. The number of benzene rings is 1. The summed E-state index contributed by atoms with van der Waals surface area (Å²) in [5, 5.41) is 9.45. The second kappa shape index (κ2) is 4.26. The topological polar surface area (TPSA) is 89.1 Å². The minimum Gasteiger partial charge on any atom is -0.387 e. The highest BCUT2D eigenvalue weighted by atomic mass is 19.1. The first-order valence-electron chi connectivity index (χ1n) is 5.04. The largest absolute Gasteiger partial charge is 0.387 e. The summed E-state index contributed by atoms with van der Waals surface area (Å²) in [5.41, 5.74) is 4.28. The lowest BCUT2D eigenvalue weighted by molar-refractivity contribution is 0.0987. The number of primary amides is 1. The van der Waals surface area contributed by atoms with Crippen molar-refractivity contribution in [3.8, 4) is 0 Å². The van der Waals surface area contributed by atoms with E-state index in [4.69, 9.17) is 5.73 Å². The summed E-state index contributed by atoms with van der Waals surface area (Å²) < 4.78 is 26.5. The molecule has 0 bridgehead atoms. The number of rotatable bonds is 2. The van der Waals surface area contributed by atoms with Crippen LogP contribution in [0.2, 0.25) is 0 Å². The average Bonchev–Trinajstić information content (AvgIpc) is 2.26. The molecule has 18 heavy (non-hydrogen) atoms. The Bertz CT molecular complexity index is 644. The van der Waals surface area contributed by atoms with E-state index in [9.17, 15) is 18.7 Å². The Hall–Kier alpha value is -2.15. The predicted molar refractivity (Wildman–Crippen MR) is 58.6 cm³/mol. The average molecular weight is 253 g/mol. The molecule has 0 aliphatic heterocycles. The molecule has 5 nitrogen and oxygen atoms in total. The fourth-order valence-corrected chi connectivity index (χ4v) is 1.57. The molecule has 1 amide bonds. The number of carbonyl (C=O) groups is 1. The normalized spacial score (nSPS) is 12.7. The van der Waals surface area contributed by atoms with Crippen molar-refractivity contribution < 1.29 is 18.7 Å². The van der Waals surface area contributed by atoms with Crippen LogP contribution in [0.5, 0.6) is 0 Å². The number of nitrogens with two attached hydrogens (primary N) is 1. The van der Waals surface area contributed by atoms with Gasteiger partial charge in [-0.1, -0.05) is 0 Å². The summed E-state index contributed by atoms with van der Waals surface area (Å²) in [4.78, 5) is 18.7. The van der Waals surface area contributed by atoms with Crippen LogP contribution < -0.4 is 5.73 Å². The van der Waals surface area contributed by atoms with Gasteiger partial charge in [-0.05, 0) is 6.92 Å². The molecule has 1 atom stereocenters. The number of amides is 1. The Morgan fingerprint density at radius 1 is 1.39 bits per heavy atom. The maximum atomic E-state index is 13.5. The van der Waals surface area contributed by atoms with Gasteiger partial charge >= 0.3 is 0 Å². The highest BCUT2D eigenvalue weighted by molar-refractivity contribution is 5.94. The lowest BCUT2D eigenvalue weighted by Crippen LogP contribution is -2.19.